The number of ether oxygens (including phenoxy) is 1. The first kappa shape index (κ1) is 21.5. The van der Waals surface area contributed by atoms with Gasteiger partial charge in [0.25, 0.3) is 0 Å². The minimum Gasteiger partial charge on any atom is -0.446 e. The van der Waals surface area contributed by atoms with Gasteiger partial charge in [-0.05, 0) is 38.5 Å². The van der Waals surface area contributed by atoms with Crippen LogP contribution in [0.25, 0.3) is 0 Å². The number of aliphatic hydroxyl groups is 1. The Labute approximate surface area is 170 Å². The zero-order valence-electron chi connectivity index (χ0n) is 16.1. The van der Waals surface area contributed by atoms with E-state index in [9.17, 15) is 9.90 Å². The number of benzene rings is 2. The number of hydrogen-bond donors (Lipinski definition) is 1. The molecule has 1 fully saturated rings. The van der Waals surface area contributed by atoms with E-state index in [-0.39, 0.29) is 18.2 Å². The summed E-state index contributed by atoms with van der Waals surface area (Å²) < 4.78 is 6.48. The Hall–Kier alpha value is -1.85. The molecule has 1 aliphatic heterocycles. The fourth-order valence-corrected chi connectivity index (χ4v) is 3.27. The third-order valence-electron chi connectivity index (χ3n) is 4.41. The van der Waals surface area contributed by atoms with Gasteiger partial charge in [-0.2, -0.15) is 0 Å². The van der Waals surface area contributed by atoms with Crippen LogP contribution in [-0.4, -0.2) is 34.3 Å². The Bertz CT molecular complexity index is 671. The molecule has 0 bridgehead atoms. The Morgan fingerprint density at radius 2 is 1.67 bits per heavy atom. The number of carbonyl (C=O) groups excluding carboxylic acids is 1. The van der Waals surface area contributed by atoms with Crippen LogP contribution in [0.15, 0.2) is 65.1 Å². The highest BCUT2D eigenvalue weighted by molar-refractivity contribution is 9.10. The van der Waals surface area contributed by atoms with Crippen molar-refractivity contribution in [3.05, 3.63) is 70.7 Å². The normalized spacial score (nSPS) is 18.2. The maximum absolute atomic E-state index is 12.2. The van der Waals surface area contributed by atoms with Crippen molar-refractivity contribution in [2.45, 2.75) is 51.4 Å². The second-order valence-corrected chi connectivity index (χ2v) is 8.30. The van der Waals surface area contributed by atoms with E-state index in [2.05, 4.69) is 15.9 Å². The van der Waals surface area contributed by atoms with Gasteiger partial charge in [0, 0.05) is 23.9 Å². The van der Waals surface area contributed by atoms with Gasteiger partial charge >= 0.3 is 6.09 Å². The minimum atomic E-state index is -0.815. The van der Waals surface area contributed by atoms with E-state index in [1.54, 1.807) is 18.7 Å². The number of rotatable bonds is 4. The molecular weight excluding hydrogens is 406 g/mol. The highest BCUT2D eigenvalue weighted by Gasteiger charge is 2.33. The topological polar surface area (TPSA) is 49.8 Å². The lowest BCUT2D eigenvalue weighted by Gasteiger charge is -2.37. The molecule has 1 amide bonds. The molecule has 0 aliphatic carbocycles. The summed E-state index contributed by atoms with van der Waals surface area (Å²) in [7, 11) is 0. The molecule has 146 valence electrons. The number of carbonyl (C=O) groups is 1. The summed E-state index contributed by atoms with van der Waals surface area (Å²) in [6.07, 6.45) is 0.715. The molecule has 2 unspecified atom stereocenters. The second-order valence-electron chi connectivity index (χ2n) is 7.39. The van der Waals surface area contributed by atoms with Crippen LogP contribution < -0.4 is 0 Å². The second kappa shape index (κ2) is 9.90. The van der Waals surface area contributed by atoms with Crippen molar-refractivity contribution in [2.24, 2.45) is 0 Å². The average Bonchev–Trinajstić information content (AvgIpc) is 2.62. The van der Waals surface area contributed by atoms with E-state index in [0.29, 0.717) is 13.0 Å². The molecule has 0 saturated carbocycles. The van der Waals surface area contributed by atoms with Crippen LogP contribution in [0.5, 0.6) is 0 Å². The summed E-state index contributed by atoms with van der Waals surface area (Å²) in [5.41, 5.74) is 0.265. The maximum Gasteiger partial charge on any atom is 0.410 e. The standard InChI is InChI=1S/C16H22BrNO3.C6H6/c1-11(12-4-6-13(17)7-5-12)18-9-8-14(21-15(18)19)10-16(2,3)20;1-2-4-6-5-3-1/h4-7,11,14,20H,8-10H2,1-3H3;1-6H. The third kappa shape index (κ3) is 7.35. The lowest BCUT2D eigenvalue weighted by atomic mass is 9.97. The SMILES string of the molecule is CC(c1ccc(Br)cc1)N1CCC(CC(C)(C)O)OC1=O.c1ccccc1. The quantitative estimate of drug-likeness (QED) is 0.685. The molecule has 3 rings (SSSR count). The summed E-state index contributed by atoms with van der Waals surface area (Å²) in [4.78, 5) is 13.9. The fourth-order valence-electron chi connectivity index (χ4n) is 3.00. The van der Waals surface area contributed by atoms with Crippen molar-refractivity contribution in [3.63, 3.8) is 0 Å². The van der Waals surface area contributed by atoms with Gasteiger partial charge in [0.1, 0.15) is 6.10 Å². The van der Waals surface area contributed by atoms with E-state index in [1.807, 2.05) is 67.6 Å². The molecule has 1 saturated heterocycles. The summed E-state index contributed by atoms with van der Waals surface area (Å²) in [5, 5.41) is 9.83. The van der Waals surface area contributed by atoms with E-state index >= 15 is 0 Å². The van der Waals surface area contributed by atoms with E-state index in [1.165, 1.54) is 0 Å². The van der Waals surface area contributed by atoms with E-state index in [0.717, 1.165) is 16.5 Å². The number of cyclic esters (lactones) is 1. The van der Waals surface area contributed by atoms with E-state index < -0.39 is 5.60 Å². The Kier molecular flexibility index (Phi) is 7.87. The molecule has 5 heteroatoms. The Balaban J connectivity index is 0.000000369. The predicted molar refractivity (Wildman–Crippen MR) is 112 cm³/mol. The smallest absolute Gasteiger partial charge is 0.410 e. The van der Waals surface area contributed by atoms with Crippen LogP contribution in [0.3, 0.4) is 0 Å². The van der Waals surface area contributed by atoms with Gasteiger partial charge in [0.05, 0.1) is 11.6 Å². The van der Waals surface area contributed by atoms with Crippen molar-refractivity contribution >= 4 is 22.0 Å². The number of amides is 1. The lowest BCUT2D eigenvalue weighted by Crippen LogP contribution is -2.45. The Morgan fingerprint density at radius 3 is 2.11 bits per heavy atom. The maximum atomic E-state index is 12.2. The van der Waals surface area contributed by atoms with Gasteiger partial charge in [-0.15, -0.1) is 0 Å². The van der Waals surface area contributed by atoms with Crippen molar-refractivity contribution in [1.82, 2.24) is 4.90 Å². The summed E-state index contributed by atoms with van der Waals surface area (Å²) in [6.45, 7) is 6.12. The molecule has 2 aromatic rings. The molecule has 27 heavy (non-hydrogen) atoms. The lowest BCUT2D eigenvalue weighted by molar-refractivity contribution is -0.0309. The highest BCUT2D eigenvalue weighted by Crippen LogP contribution is 2.28. The first-order valence-corrected chi connectivity index (χ1v) is 10.0. The molecule has 0 spiro atoms. The van der Waals surface area contributed by atoms with Crippen molar-refractivity contribution in [2.75, 3.05) is 6.54 Å². The van der Waals surface area contributed by atoms with Crippen LogP contribution >= 0.6 is 15.9 Å². The van der Waals surface area contributed by atoms with Crippen molar-refractivity contribution < 1.29 is 14.6 Å². The first-order valence-electron chi connectivity index (χ1n) is 9.21. The summed E-state index contributed by atoms with van der Waals surface area (Å²) in [6, 6.07) is 19.9. The van der Waals surface area contributed by atoms with Crippen LogP contribution in [0.4, 0.5) is 4.79 Å². The highest BCUT2D eigenvalue weighted by atomic mass is 79.9. The number of halogens is 1. The molecule has 1 aliphatic rings. The predicted octanol–water partition coefficient (Wildman–Crippen LogP) is 5.57. The molecular formula is C22H28BrNO3. The van der Waals surface area contributed by atoms with Crippen molar-refractivity contribution in [1.29, 1.82) is 0 Å². The minimum absolute atomic E-state index is 0.0197. The molecule has 1 heterocycles. The summed E-state index contributed by atoms with van der Waals surface area (Å²) >= 11 is 3.41. The van der Waals surface area contributed by atoms with Crippen LogP contribution in [0, 0.1) is 0 Å². The zero-order chi connectivity index (χ0) is 19.9. The zero-order valence-corrected chi connectivity index (χ0v) is 17.7. The first-order chi connectivity index (χ1) is 12.8. The van der Waals surface area contributed by atoms with E-state index in [4.69, 9.17) is 4.74 Å². The van der Waals surface area contributed by atoms with Gasteiger partial charge in [0.2, 0.25) is 0 Å². The molecule has 0 radical (unpaired) electrons. The monoisotopic (exact) mass is 433 g/mol. The van der Waals surface area contributed by atoms with Crippen LogP contribution in [-0.2, 0) is 4.74 Å². The van der Waals surface area contributed by atoms with Crippen molar-refractivity contribution in [3.8, 4) is 0 Å². The van der Waals surface area contributed by atoms with Gasteiger partial charge in [-0.3, -0.25) is 0 Å². The van der Waals surface area contributed by atoms with Crippen LogP contribution in [0.2, 0.25) is 0 Å². The number of nitrogens with zero attached hydrogens (tertiary/aromatic N) is 1. The Morgan fingerprint density at radius 1 is 1.15 bits per heavy atom. The average molecular weight is 434 g/mol. The molecule has 0 aromatic heterocycles. The molecule has 2 atom stereocenters. The third-order valence-corrected chi connectivity index (χ3v) is 4.94. The van der Waals surface area contributed by atoms with Gasteiger partial charge in [-0.1, -0.05) is 64.5 Å². The van der Waals surface area contributed by atoms with Crippen LogP contribution in [0.1, 0.15) is 45.2 Å². The fraction of sp³-hybridized carbons (Fsp3) is 0.409. The molecule has 2 aromatic carbocycles. The van der Waals surface area contributed by atoms with Gasteiger partial charge in [-0.25, -0.2) is 4.79 Å². The molecule has 4 nitrogen and oxygen atoms in total. The molecule has 1 N–H and O–H groups in total. The summed E-state index contributed by atoms with van der Waals surface area (Å²) in [5.74, 6) is 0. The largest absolute Gasteiger partial charge is 0.446 e. The van der Waals surface area contributed by atoms with Gasteiger partial charge < -0.3 is 14.7 Å². The number of hydrogen-bond acceptors (Lipinski definition) is 3. The van der Waals surface area contributed by atoms with Gasteiger partial charge in [0.15, 0.2) is 0 Å².